The van der Waals surface area contributed by atoms with Gasteiger partial charge in [-0.2, -0.15) is 13.2 Å². The summed E-state index contributed by atoms with van der Waals surface area (Å²) in [7, 11) is 1.35. The van der Waals surface area contributed by atoms with Crippen molar-refractivity contribution in [3.8, 4) is 5.75 Å². The number of benzene rings is 1. The topological polar surface area (TPSA) is 9.23 Å². The van der Waals surface area contributed by atoms with Crippen LogP contribution in [0.25, 0.3) is 6.08 Å². The van der Waals surface area contributed by atoms with Gasteiger partial charge in [-0.25, -0.2) is 0 Å². The molecule has 0 bridgehead atoms. The van der Waals surface area contributed by atoms with Gasteiger partial charge in [-0.1, -0.05) is 34.1 Å². The van der Waals surface area contributed by atoms with Crippen molar-refractivity contribution in [3.05, 3.63) is 35.4 Å². The number of ether oxygens (including phenoxy) is 1. The summed E-state index contributed by atoms with van der Waals surface area (Å²) in [4.78, 5) is 0. The SMILES string of the molecule is COc1cc(C(F)(F)F)ccc1C=CCBr. The molecule has 0 spiro atoms. The first-order valence-corrected chi connectivity index (χ1v) is 5.59. The second-order valence-corrected chi connectivity index (χ2v) is 3.66. The smallest absolute Gasteiger partial charge is 0.416 e. The normalized spacial score (nSPS) is 12.1. The zero-order chi connectivity index (χ0) is 12.2. The molecule has 0 amide bonds. The number of hydrogen-bond acceptors (Lipinski definition) is 1. The molecule has 1 rings (SSSR count). The molecular weight excluding hydrogens is 285 g/mol. The molecule has 0 N–H and O–H groups in total. The Morgan fingerprint density at radius 3 is 2.56 bits per heavy atom. The van der Waals surface area contributed by atoms with E-state index in [0.717, 1.165) is 12.1 Å². The molecule has 0 saturated heterocycles. The van der Waals surface area contributed by atoms with Gasteiger partial charge in [-0.3, -0.25) is 0 Å². The minimum absolute atomic E-state index is 0.215. The van der Waals surface area contributed by atoms with Crippen molar-refractivity contribution in [3.63, 3.8) is 0 Å². The molecule has 5 heteroatoms. The van der Waals surface area contributed by atoms with E-state index in [9.17, 15) is 13.2 Å². The maximum atomic E-state index is 12.4. The quantitative estimate of drug-likeness (QED) is 0.762. The molecule has 0 aliphatic heterocycles. The van der Waals surface area contributed by atoms with Crippen LogP contribution in [0.5, 0.6) is 5.75 Å². The van der Waals surface area contributed by atoms with Crippen molar-refractivity contribution in [1.29, 1.82) is 0 Å². The third kappa shape index (κ3) is 3.27. The Morgan fingerprint density at radius 1 is 1.38 bits per heavy atom. The van der Waals surface area contributed by atoms with Crippen LogP contribution in [0.4, 0.5) is 13.2 Å². The average molecular weight is 295 g/mol. The first kappa shape index (κ1) is 13.1. The van der Waals surface area contributed by atoms with Gasteiger partial charge in [-0.15, -0.1) is 0 Å². The highest BCUT2D eigenvalue weighted by Crippen LogP contribution is 2.33. The fourth-order valence-electron chi connectivity index (χ4n) is 1.20. The number of hydrogen-bond donors (Lipinski definition) is 0. The maximum Gasteiger partial charge on any atom is 0.416 e. The Hall–Kier alpha value is -0.970. The largest absolute Gasteiger partial charge is 0.496 e. The van der Waals surface area contributed by atoms with E-state index in [2.05, 4.69) is 15.9 Å². The molecule has 0 radical (unpaired) electrons. The number of alkyl halides is 4. The van der Waals surface area contributed by atoms with Gasteiger partial charge < -0.3 is 4.74 Å². The van der Waals surface area contributed by atoms with E-state index < -0.39 is 11.7 Å². The maximum absolute atomic E-state index is 12.4. The summed E-state index contributed by atoms with van der Waals surface area (Å²) in [6, 6.07) is 3.42. The van der Waals surface area contributed by atoms with Gasteiger partial charge >= 0.3 is 6.18 Å². The highest BCUT2D eigenvalue weighted by molar-refractivity contribution is 9.09. The molecule has 16 heavy (non-hydrogen) atoms. The van der Waals surface area contributed by atoms with E-state index in [1.54, 1.807) is 12.2 Å². The Labute approximate surface area is 100 Å². The van der Waals surface area contributed by atoms with E-state index in [1.807, 2.05) is 0 Å². The van der Waals surface area contributed by atoms with Crippen LogP contribution in [0.3, 0.4) is 0 Å². The fourth-order valence-corrected chi connectivity index (χ4v) is 1.38. The van der Waals surface area contributed by atoms with Crippen LogP contribution >= 0.6 is 15.9 Å². The third-order valence-corrected chi connectivity index (χ3v) is 2.32. The number of methoxy groups -OCH3 is 1. The van der Waals surface area contributed by atoms with Crippen molar-refractivity contribution < 1.29 is 17.9 Å². The van der Waals surface area contributed by atoms with Crippen LogP contribution < -0.4 is 4.74 Å². The minimum atomic E-state index is -4.34. The molecule has 0 unspecified atom stereocenters. The van der Waals surface area contributed by atoms with Crippen LogP contribution in [-0.2, 0) is 6.18 Å². The molecular formula is C11H10BrF3O. The van der Waals surface area contributed by atoms with Crippen LogP contribution in [0.2, 0.25) is 0 Å². The monoisotopic (exact) mass is 294 g/mol. The van der Waals surface area contributed by atoms with Gasteiger partial charge in [0.25, 0.3) is 0 Å². The number of allylic oxidation sites excluding steroid dienone is 1. The molecule has 0 aromatic heterocycles. The molecule has 0 aliphatic rings. The average Bonchev–Trinajstić information content (AvgIpc) is 2.24. The van der Waals surface area contributed by atoms with Gasteiger partial charge in [0.05, 0.1) is 12.7 Å². The highest BCUT2D eigenvalue weighted by Gasteiger charge is 2.31. The summed E-state index contributed by atoms with van der Waals surface area (Å²) in [6.07, 6.45) is -0.857. The Kier molecular flexibility index (Phi) is 4.41. The molecule has 0 atom stereocenters. The second kappa shape index (κ2) is 5.39. The standard InChI is InChI=1S/C11H10BrF3O/c1-16-10-7-9(11(13,14)15)5-4-8(10)3-2-6-12/h2-5,7H,6H2,1H3. The first-order chi connectivity index (χ1) is 7.49. The zero-order valence-electron chi connectivity index (χ0n) is 8.51. The van der Waals surface area contributed by atoms with Crippen LogP contribution in [0, 0.1) is 0 Å². The van der Waals surface area contributed by atoms with E-state index in [0.29, 0.717) is 10.9 Å². The van der Waals surface area contributed by atoms with Gasteiger partial charge in [0.1, 0.15) is 5.75 Å². The lowest BCUT2D eigenvalue weighted by molar-refractivity contribution is -0.137. The summed E-state index contributed by atoms with van der Waals surface area (Å²) in [6.45, 7) is 0. The van der Waals surface area contributed by atoms with Crippen molar-refractivity contribution in [2.24, 2.45) is 0 Å². The Morgan fingerprint density at radius 2 is 2.06 bits per heavy atom. The van der Waals surface area contributed by atoms with Crippen molar-refractivity contribution in [2.45, 2.75) is 6.18 Å². The van der Waals surface area contributed by atoms with Gasteiger partial charge in [0.15, 0.2) is 0 Å². The minimum Gasteiger partial charge on any atom is -0.496 e. The second-order valence-electron chi connectivity index (χ2n) is 3.01. The lowest BCUT2D eigenvalue weighted by Crippen LogP contribution is -2.05. The molecule has 88 valence electrons. The molecule has 1 aromatic rings. The van der Waals surface area contributed by atoms with E-state index >= 15 is 0 Å². The molecule has 0 saturated carbocycles. The zero-order valence-corrected chi connectivity index (χ0v) is 10.1. The van der Waals surface area contributed by atoms with Gasteiger partial charge in [-0.05, 0) is 12.1 Å². The summed E-state index contributed by atoms with van der Waals surface area (Å²) >= 11 is 3.19. The lowest BCUT2D eigenvalue weighted by atomic mass is 10.1. The van der Waals surface area contributed by atoms with Crippen LogP contribution in [0.1, 0.15) is 11.1 Å². The molecule has 0 aliphatic carbocycles. The van der Waals surface area contributed by atoms with E-state index in [1.165, 1.54) is 13.2 Å². The van der Waals surface area contributed by atoms with Crippen LogP contribution in [0.15, 0.2) is 24.3 Å². The van der Waals surface area contributed by atoms with Crippen molar-refractivity contribution >= 4 is 22.0 Å². The summed E-state index contributed by atoms with van der Waals surface area (Å²) in [5, 5.41) is 0.636. The predicted octanol–water partition coefficient (Wildman–Crippen LogP) is 4.12. The summed E-state index contributed by atoms with van der Waals surface area (Å²) in [5.41, 5.74) is -0.0877. The molecule has 0 fully saturated rings. The summed E-state index contributed by atoms with van der Waals surface area (Å²) < 4.78 is 42.1. The number of rotatable bonds is 3. The van der Waals surface area contributed by atoms with Crippen molar-refractivity contribution in [2.75, 3.05) is 12.4 Å². The van der Waals surface area contributed by atoms with Crippen molar-refractivity contribution in [1.82, 2.24) is 0 Å². The molecule has 0 heterocycles. The number of halogens is 4. The van der Waals surface area contributed by atoms with Gasteiger partial charge in [0.2, 0.25) is 0 Å². The Balaban J connectivity index is 3.12. The van der Waals surface area contributed by atoms with Gasteiger partial charge in [0, 0.05) is 10.9 Å². The van der Waals surface area contributed by atoms with E-state index in [-0.39, 0.29) is 5.75 Å². The third-order valence-electron chi connectivity index (χ3n) is 1.95. The molecule has 1 aromatic carbocycles. The predicted molar refractivity (Wildman–Crippen MR) is 60.8 cm³/mol. The fraction of sp³-hybridized carbons (Fsp3) is 0.273. The first-order valence-electron chi connectivity index (χ1n) is 4.46. The van der Waals surface area contributed by atoms with E-state index in [4.69, 9.17) is 4.74 Å². The Bertz CT molecular complexity index is 385. The lowest BCUT2D eigenvalue weighted by Gasteiger charge is -2.10. The van der Waals surface area contributed by atoms with Crippen LogP contribution in [-0.4, -0.2) is 12.4 Å². The molecule has 1 nitrogen and oxygen atoms in total. The summed E-state index contributed by atoms with van der Waals surface area (Å²) in [5.74, 6) is 0.215. The highest BCUT2D eigenvalue weighted by atomic mass is 79.9.